The topological polar surface area (TPSA) is 6.48 Å². The normalized spacial score (nSPS) is 21.7. The largest absolute Gasteiger partial charge is 0.310 e. The summed E-state index contributed by atoms with van der Waals surface area (Å²) in [5.74, 6) is 0. The summed E-state index contributed by atoms with van der Waals surface area (Å²) in [7, 11) is 0. The Hall–Kier alpha value is -5.08. The predicted octanol–water partition coefficient (Wildman–Crippen LogP) is 10.0. The number of fused-ring (bicyclic) bond motifs is 3. The lowest BCUT2D eigenvalue weighted by Crippen LogP contribution is -2.54. The van der Waals surface area contributed by atoms with E-state index in [-0.39, 0.29) is 10.8 Å². The molecule has 2 heteroatoms. The van der Waals surface area contributed by atoms with E-state index in [2.05, 4.69) is 155 Å². The number of hydrogen-bond acceptors (Lipinski definition) is 2. The fourth-order valence-corrected chi connectivity index (χ4v) is 9.08. The minimum absolute atomic E-state index is 0.199. The molecule has 2 spiro atoms. The SMILES string of the molecule is c1ccc(N2c3ccccc3C34CCC5(c6ccccc6N(c6ccccc6)c6cccc3c65)c3cccc2c34)cc1. The van der Waals surface area contributed by atoms with Crippen molar-refractivity contribution in [2.75, 3.05) is 9.80 Å². The van der Waals surface area contributed by atoms with Crippen molar-refractivity contribution in [2.24, 2.45) is 0 Å². The number of hydrogen-bond donors (Lipinski definition) is 0. The van der Waals surface area contributed by atoms with Gasteiger partial charge in [-0.15, -0.1) is 0 Å². The van der Waals surface area contributed by atoms with E-state index in [0.29, 0.717) is 0 Å². The zero-order valence-electron chi connectivity index (χ0n) is 23.2. The van der Waals surface area contributed by atoms with Crippen LogP contribution < -0.4 is 9.80 Å². The summed E-state index contributed by atoms with van der Waals surface area (Å²) in [6.07, 6.45) is 2.18. The maximum Gasteiger partial charge on any atom is 0.0509 e. The van der Waals surface area contributed by atoms with Crippen LogP contribution >= 0.6 is 0 Å². The molecule has 11 rings (SSSR count). The molecule has 2 bridgehead atoms. The summed E-state index contributed by atoms with van der Waals surface area (Å²) in [6, 6.07) is 54.3. The molecule has 0 saturated carbocycles. The Morgan fingerprint density at radius 1 is 0.333 bits per heavy atom. The fourth-order valence-electron chi connectivity index (χ4n) is 9.08. The third-order valence-electron chi connectivity index (χ3n) is 10.5. The van der Waals surface area contributed by atoms with Crippen LogP contribution in [0, 0.1) is 0 Å². The Balaban J connectivity index is 1.38. The molecule has 0 radical (unpaired) electrons. The van der Waals surface area contributed by atoms with Gasteiger partial charge in [0, 0.05) is 22.2 Å². The number of para-hydroxylation sites is 4. The van der Waals surface area contributed by atoms with Gasteiger partial charge < -0.3 is 9.80 Å². The minimum atomic E-state index is -0.199. The van der Waals surface area contributed by atoms with Crippen LogP contribution in [0.5, 0.6) is 0 Å². The zero-order chi connectivity index (χ0) is 27.5. The second-order valence-electron chi connectivity index (χ2n) is 12.1. The molecule has 2 unspecified atom stereocenters. The highest BCUT2D eigenvalue weighted by Gasteiger charge is 2.62. The van der Waals surface area contributed by atoms with Gasteiger partial charge >= 0.3 is 0 Å². The van der Waals surface area contributed by atoms with Crippen LogP contribution in [0.15, 0.2) is 146 Å². The maximum absolute atomic E-state index is 2.51. The van der Waals surface area contributed by atoms with Crippen LogP contribution in [0.2, 0.25) is 0 Å². The van der Waals surface area contributed by atoms with E-state index in [0.717, 1.165) is 12.8 Å². The lowest BCUT2D eigenvalue weighted by atomic mass is 9.44. The van der Waals surface area contributed by atoms with Gasteiger partial charge in [-0.25, -0.2) is 0 Å². The van der Waals surface area contributed by atoms with Crippen molar-refractivity contribution in [3.05, 3.63) is 179 Å². The van der Waals surface area contributed by atoms with E-state index >= 15 is 0 Å². The summed E-state index contributed by atoms with van der Waals surface area (Å²) in [6.45, 7) is 0. The van der Waals surface area contributed by atoms with Gasteiger partial charge in [0.2, 0.25) is 0 Å². The number of benzene rings is 6. The van der Waals surface area contributed by atoms with E-state index < -0.39 is 0 Å². The van der Waals surface area contributed by atoms with Crippen molar-refractivity contribution in [3.8, 4) is 0 Å². The second-order valence-corrected chi connectivity index (χ2v) is 12.1. The summed E-state index contributed by atoms with van der Waals surface area (Å²) in [4.78, 5) is 5.01. The highest BCUT2D eigenvalue weighted by molar-refractivity contribution is 5.96. The molecule has 6 aromatic carbocycles. The van der Waals surface area contributed by atoms with Crippen LogP contribution in [-0.4, -0.2) is 0 Å². The molecule has 3 aliphatic carbocycles. The molecule has 2 aliphatic heterocycles. The van der Waals surface area contributed by atoms with Crippen molar-refractivity contribution in [1.29, 1.82) is 0 Å². The first kappa shape index (κ1) is 22.6. The summed E-state index contributed by atoms with van der Waals surface area (Å²) < 4.78 is 0. The number of anilines is 6. The molecule has 0 N–H and O–H groups in total. The summed E-state index contributed by atoms with van der Waals surface area (Å²) >= 11 is 0. The van der Waals surface area contributed by atoms with E-state index in [1.165, 1.54) is 67.5 Å². The van der Waals surface area contributed by atoms with Gasteiger partial charge in [0.1, 0.15) is 0 Å². The average molecular weight is 537 g/mol. The Morgan fingerprint density at radius 2 is 0.690 bits per heavy atom. The molecule has 0 amide bonds. The molecule has 2 heterocycles. The first-order chi connectivity index (χ1) is 20.8. The molecule has 0 fully saturated rings. The van der Waals surface area contributed by atoms with Crippen molar-refractivity contribution in [1.82, 2.24) is 0 Å². The third kappa shape index (κ3) is 2.46. The van der Waals surface area contributed by atoms with Crippen molar-refractivity contribution < 1.29 is 0 Å². The van der Waals surface area contributed by atoms with Crippen molar-refractivity contribution >= 4 is 34.1 Å². The second kappa shape index (κ2) is 7.80. The van der Waals surface area contributed by atoms with E-state index in [1.54, 1.807) is 0 Å². The van der Waals surface area contributed by atoms with Gasteiger partial charge in [-0.05, 0) is 94.8 Å². The molecule has 42 heavy (non-hydrogen) atoms. The van der Waals surface area contributed by atoms with Gasteiger partial charge in [-0.2, -0.15) is 0 Å². The average Bonchev–Trinajstić information content (AvgIpc) is 3.07. The zero-order valence-corrected chi connectivity index (χ0v) is 23.2. The lowest BCUT2D eigenvalue weighted by molar-refractivity contribution is 0.361. The van der Waals surface area contributed by atoms with Crippen LogP contribution in [0.25, 0.3) is 0 Å². The first-order valence-corrected chi connectivity index (χ1v) is 15.0. The summed E-state index contributed by atoms with van der Waals surface area (Å²) in [5.41, 5.74) is 16.0. The molecular weight excluding hydrogens is 508 g/mol. The van der Waals surface area contributed by atoms with Crippen LogP contribution in [0.1, 0.15) is 46.2 Å². The van der Waals surface area contributed by atoms with E-state index in [1.807, 2.05) is 0 Å². The summed E-state index contributed by atoms with van der Waals surface area (Å²) in [5, 5.41) is 0. The molecular formula is C40H28N2. The maximum atomic E-state index is 2.51. The molecule has 2 atom stereocenters. The molecule has 6 aromatic rings. The molecule has 0 saturated heterocycles. The quantitative estimate of drug-likeness (QED) is 0.217. The van der Waals surface area contributed by atoms with Gasteiger partial charge in [-0.1, -0.05) is 97.1 Å². The molecule has 2 nitrogen and oxygen atoms in total. The standard InChI is InChI=1S/C40H28N2/c1-3-13-27(14-4-1)41-33-21-9-7-17-29(33)39-25-26-40(31-19-11-23-35(41)37(31)39)30-18-8-10-22-34(30)42(28-15-5-2-6-16-28)36-24-12-20-32(39)38(36)40/h1-24H,25-26H2. The smallest absolute Gasteiger partial charge is 0.0509 e. The first-order valence-electron chi connectivity index (χ1n) is 15.0. The predicted molar refractivity (Wildman–Crippen MR) is 171 cm³/mol. The van der Waals surface area contributed by atoms with Crippen LogP contribution in [0.4, 0.5) is 34.1 Å². The number of nitrogens with zero attached hydrogens (tertiary/aromatic N) is 2. The highest BCUT2D eigenvalue weighted by atomic mass is 15.2. The van der Waals surface area contributed by atoms with Crippen molar-refractivity contribution in [2.45, 2.75) is 23.7 Å². The Labute approximate surface area is 246 Å². The van der Waals surface area contributed by atoms with Gasteiger partial charge in [0.05, 0.1) is 22.7 Å². The Kier molecular flexibility index (Phi) is 4.20. The van der Waals surface area contributed by atoms with E-state index in [4.69, 9.17) is 0 Å². The monoisotopic (exact) mass is 536 g/mol. The molecule has 0 aromatic heterocycles. The molecule has 198 valence electrons. The number of rotatable bonds is 2. The third-order valence-corrected chi connectivity index (χ3v) is 10.5. The van der Waals surface area contributed by atoms with Crippen molar-refractivity contribution in [3.63, 3.8) is 0 Å². The van der Waals surface area contributed by atoms with Crippen LogP contribution in [-0.2, 0) is 10.8 Å². The fraction of sp³-hybridized carbons (Fsp3) is 0.100. The molecule has 5 aliphatic rings. The minimum Gasteiger partial charge on any atom is -0.310 e. The lowest BCUT2D eigenvalue weighted by Gasteiger charge is -2.62. The van der Waals surface area contributed by atoms with Gasteiger partial charge in [-0.3, -0.25) is 0 Å². The van der Waals surface area contributed by atoms with Gasteiger partial charge in [0.15, 0.2) is 0 Å². The Bertz CT molecular complexity index is 1910. The van der Waals surface area contributed by atoms with Gasteiger partial charge in [0.25, 0.3) is 0 Å². The van der Waals surface area contributed by atoms with E-state index in [9.17, 15) is 0 Å². The van der Waals surface area contributed by atoms with Crippen LogP contribution in [0.3, 0.4) is 0 Å². The Morgan fingerprint density at radius 3 is 1.14 bits per heavy atom. The highest BCUT2D eigenvalue weighted by Crippen LogP contribution is 2.72.